The largest absolute Gasteiger partial charge is 1.00 e. The third-order valence-electron chi connectivity index (χ3n) is 2.54. The minimum absolute atomic E-state index is 0. The summed E-state index contributed by atoms with van der Waals surface area (Å²) in [6, 6.07) is 6.59. The molecule has 1 aromatic heterocycles. The summed E-state index contributed by atoms with van der Waals surface area (Å²) in [5.74, 6) is 0. The van der Waals surface area contributed by atoms with E-state index in [-0.39, 0.29) is 12.4 Å². The second-order valence-corrected chi connectivity index (χ2v) is 5.31. The molecular weight excluding hydrogens is 252 g/mol. The first-order valence-corrected chi connectivity index (χ1v) is 6.13. The van der Waals surface area contributed by atoms with E-state index in [0.29, 0.717) is 0 Å². The standard InChI is InChI=1S/C13H17N2S.ClH/c1-10-5-6-11-12(9-10)16-13(15(11)4)7-8-14(2)3;/h5-9H,1-4H3;1H/q+1;/p-1. The van der Waals surface area contributed by atoms with Gasteiger partial charge in [0.25, 0.3) is 5.01 Å². The van der Waals surface area contributed by atoms with Crippen molar-refractivity contribution in [3.63, 3.8) is 0 Å². The van der Waals surface area contributed by atoms with Crippen LogP contribution in [0.3, 0.4) is 0 Å². The van der Waals surface area contributed by atoms with Crippen molar-refractivity contribution in [2.75, 3.05) is 14.1 Å². The number of nitrogens with zero attached hydrogens (tertiary/aromatic N) is 2. The van der Waals surface area contributed by atoms with Gasteiger partial charge in [0.2, 0.25) is 5.52 Å². The highest BCUT2D eigenvalue weighted by Crippen LogP contribution is 2.22. The lowest BCUT2D eigenvalue weighted by Gasteiger charge is -2.00. The summed E-state index contributed by atoms with van der Waals surface area (Å²) >= 11 is 1.83. The van der Waals surface area contributed by atoms with Gasteiger partial charge in [0.05, 0.1) is 0 Å². The molecule has 4 heteroatoms. The number of benzene rings is 1. The highest BCUT2D eigenvalue weighted by atomic mass is 35.5. The topological polar surface area (TPSA) is 7.12 Å². The summed E-state index contributed by atoms with van der Waals surface area (Å²) in [5.41, 5.74) is 2.62. The fraction of sp³-hybridized carbons (Fsp3) is 0.308. The Morgan fingerprint density at radius 3 is 2.65 bits per heavy atom. The van der Waals surface area contributed by atoms with E-state index in [2.05, 4.69) is 53.9 Å². The summed E-state index contributed by atoms with van der Waals surface area (Å²) in [6.45, 7) is 2.13. The first-order chi connectivity index (χ1) is 7.58. The second kappa shape index (κ2) is 5.52. The van der Waals surface area contributed by atoms with Crippen LogP contribution in [-0.2, 0) is 7.05 Å². The van der Waals surface area contributed by atoms with Crippen molar-refractivity contribution in [1.29, 1.82) is 0 Å². The molecule has 92 valence electrons. The van der Waals surface area contributed by atoms with Gasteiger partial charge in [0.15, 0.2) is 0 Å². The predicted molar refractivity (Wildman–Crippen MR) is 70.5 cm³/mol. The lowest BCUT2D eigenvalue weighted by atomic mass is 10.2. The number of aromatic nitrogens is 1. The average Bonchev–Trinajstić information content (AvgIpc) is 2.52. The Hall–Kier alpha value is -1.06. The van der Waals surface area contributed by atoms with Gasteiger partial charge in [-0.2, -0.15) is 4.57 Å². The molecule has 2 rings (SSSR count). The number of hydrogen-bond acceptors (Lipinski definition) is 2. The van der Waals surface area contributed by atoms with Gasteiger partial charge in [-0.25, -0.2) is 0 Å². The molecule has 0 bridgehead atoms. The van der Waals surface area contributed by atoms with E-state index in [1.807, 2.05) is 25.4 Å². The molecule has 1 aromatic carbocycles. The third kappa shape index (κ3) is 2.99. The molecule has 0 aliphatic rings. The predicted octanol–water partition coefficient (Wildman–Crippen LogP) is -0.429. The van der Waals surface area contributed by atoms with E-state index in [0.717, 1.165) is 0 Å². The third-order valence-corrected chi connectivity index (χ3v) is 3.70. The van der Waals surface area contributed by atoms with Gasteiger partial charge in [-0.1, -0.05) is 17.4 Å². The van der Waals surface area contributed by atoms with Crippen LogP contribution in [0, 0.1) is 6.92 Å². The average molecular weight is 269 g/mol. The Bertz CT molecular complexity index is 544. The van der Waals surface area contributed by atoms with Gasteiger partial charge < -0.3 is 17.3 Å². The summed E-state index contributed by atoms with van der Waals surface area (Å²) in [5, 5.41) is 1.27. The molecule has 0 spiro atoms. The van der Waals surface area contributed by atoms with E-state index in [4.69, 9.17) is 0 Å². The molecule has 17 heavy (non-hydrogen) atoms. The van der Waals surface area contributed by atoms with E-state index in [1.54, 1.807) is 0 Å². The van der Waals surface area contributed by atoms with Gasteiger partial charge in [0, 0.05) is 32.4 Å². The Labute approximate surface area is 113 Å². The maximum absolute atomic E-state index is 2.24. The Morgan fingerprint density at radius 1 is 1.29 bits per heavy atom. The van der Waals surface area contributed by atoms with Crippen LogP contribution in [0.1, 0.15) is 10.6 Å². The number of fused-ring (bicyclic) bond motifs is 1. The number of rotatable bonds is 2. The number of thiazole rings is 1. The molecule has 0 unspecified atom stereocenters. The number of hydrogen-bond donors (Lipinski definition) is 0. The Balaban J connectivity index is 0.00000144. The monoisotopic (exact) mass is 268 g/mol. The van der Waals surface area contributed by atoms with Crippen molar-refractivity contribution in [2.24, 2.45) is 7.05 Å². The first kappa shape index (κ1) is 14.0. The van der Waals surface area contributed by atoms with Crippen molar-refractivity contribution in [2.45, 2.75) is 6.92 Å². The zero-order valence-electron chi connectivity index (χ0n) is 10.6. The molecule has 1 heterocycles. The maximum Gasteiger partial charge on any atom is 0.263 e. The van der Waals surface area contributed by atoms with E-state index in [1.165, 1.54) is 20.8 Å². The van der Waals surface area contributed by atoms with Crippen molar-refractivity contribution >= 4 is 27.6 Å². The maximum atomic E-state index is 2.24. The molecule has 0 aliphatic carbocycles. The van der Waals surface area contributed by atoms with Gasteiger partial charge in [-0.3, -0.25) is 0 Å². The molecule has 0 N–H and O–H groups in total. The SMILES string of the molecule is Cc1ccc2c(c1)sc(C=CN(C)C)[n+]2C.[Cl-]. The van der Waals surface area contributed by atoms with Gasteiger partial charge in [-0.05, 0) is 18.6 Å². The molecule has 0 saturated carbocycles. The van der Waals surface area contributed by atoms with E-state index in [9.17, 15) is 0 Å². The molecule has 0 saturated heterocycles. The van der Waals surface area contributed by atoms with Crippen LogP contribution >= 0.6 is 11.3 Å². The smallest absolute Gasteiger partial charge is 0.263 e. The van der Waals surface area contributed by atoms with E-state index >= 15 is 0 Å². The molecule has 2 nitrogen and oxygen atoms in total. The normalized spacial score (nSPS) is 10.8. The van der Waals surface area contributed by atoms with Gasteiger partial charge in [-0.15, -0.1) is 0 Å². The minimum Gasteiger partial charge on any atom is -1.00 e. The van der Waals surface area contributed by atoms with Gasteiger partial charge in [0.1, 0.15) is 11.7 Å². The van der Waals surface area contributed by atoms with Crippen LogP contribution in [-0.4, -0.2) is 19.0 Å². The van der Waals surface area contributed by atoms with Crippen molar-refractivity contribution in [3.05, 3.63) is 35.0 Å². The van der Waals surface area contributed by atoms with Crippen LogP contribution in [0.2, 0.25) is 0 Å². The summed E-state index contributed by atoms with van der Waals surface area (Å²) < 4.78 is 3.58. The molecular formula is C13H17ClN2S. The van der Waals surface area contributed by atoms with Crippen LogP contribution in [0.15, 0.2) is 24.4 Å². The fourth-order valence-electron chi connectivity index (χ4n) is 1.64. The fourth-order valence-corrected chi connectivity index (χ4v) is 2.78. The zero-order valence-corrected chi connectivity index (χ0v) is 12.1. The lowest BCUT2D eigenvalue weighted by Crippen LogP contribution is -3.00. The number of halogens is 1. The molecule has 2 aromatic rings. The van der Waals surface area contributed by atoms with Crippen LogP contribution < -0.4 is 17.0 Å². The highest BCUT2D eigenvalue weighted by molar-refractivity contribution is 7.18. The van der Waals surface area contributed by atoms with Crippen LogP contribution in [0.4, 0.5) is 0 Å². The zero-order chi connectivity index (χ0) is 11.7. The second-order valence-electron chi connectivity index (χ2n) is 4.25. The molecule has 0 atom stereocenters. The molecule has 0 amide bonds. The van der Waals surface area contributed by atoms with Gasteiger partial charge >= 0.3 is 0 Å². The van der Waals surface area contributed by atoms with Crippen molar-refractivity contribution in [1.82, 2.24) is 4.90 Å². The summed E-state index contributed by atoms with van der Waals surface area (Å²) in [7, 11) is 6.19. The molecule has 0 aliphatic heterocycles. The molecule has 0 radical (unpaired) electrons. The highest BCUT2D eigenvalue weighted by Gasteiger charge is 2.13. The Morgan fingerprint density at radius 2 is 2.00 bits per heavy atom. The van der Waals surface area contributed by atoms with Crippen molar-refractivity contribution < 1.29 is 17.0 Å². The summed E-state index contributed by atoms with van der Waals surface area (Å²) in [6.07, 6.45) is 4.23. The van der Waals surface area contributed by atoms with Crippen LogP contribution in [0.5, 0.6) is 0 Å². The summed E-state index contributed by atoms with van der Waals surface area (Å²) in [4.78, 5) is 2.05. The van der Waals surface area contributed by atoms with E-state index < -0.39 is 0 Å². The van der Waals surface area contributed by atoms with Crippen LogP contribution in [0.25, 0.3) is 16.3 Å². The Kier molecular flexibility index (Phi) is 4.54. The lowest BCUT2D eigenvalue weighted by molar-refractivity contribution is -0.642. The quantitative estimate of drug-likeness (QED) is 0.671. The van der Waals surface area contributed by atoms with Crippen molar-refractivity contribution in [3.8, 4) is 0 Å². The number of aryl methyl sites for hydroxylation is 2. The molecule has 0 fully saturated rings. The first-order valence-electron chi connectivity index (χ1n) is 5.32. The minimum atomic E-state index is 0.